The van der Waals surface area contributed by atoms with Crippen LogP contribution in [0.2, 0.25) is 0 Å². The van der Waals surface area contributed by atoms with Gasteiger partial charge < -0.3 is 5.32 Å². The fraction of sp³-hybridized carbons (Fsp3) is 0.500. The van der Waals surface area contributed by atoms with Crippen molar-refractivity contribution in [1.29, 1.82) is 0 Å². The molecule has 0 spiro atoms. The van der Waals surface area contributed by atoms with E-state index in [2.05, 4.69) is 11.9 Å². The van der Waals surface area contributed by atoms with Crippen LogP contribution in [-0.2, 0) is 0 Å². The first-order chi connectivity index (χ1) is 5.38. The smallest absolute Gasteiger partial charge is 0.385 e. The first-order valence-corrected chi connectivity index (χ1v) is 3.49. The van der Waals surface area contributed by atoms with Gasteiger partial charge in [0.2, 0.25) is 0 Å². The Morgan fingerprint density at radius 3 is 2.33 bits per heavy atom. The quantitative estimate of drug-likeness (QED) is 0.656. The lowest BCUT2D eigenvalue weighted by Crippen LogP contribution is -2.23. The molecule has 0 aromatic heterocycles. The Balaban J connectivity index is 3.89. The van der Waals surface area contributed by atoms with Crippen LogP contribution < -0.4 is 5.32 Å². The molecule has 1 N–H and O–H groups in total. The van der Waals surface area contributed by atoms with Crippen LogP contribution in [-0.4, -0.2) is 12.7 Å². The maximum atomic E-state index is 11.8. The fourth-order valence-electron chi connectivity index (χ4n) is 0.448. The van der Waals surface area contributed by atoms with Gasteiger partial charge in [-0.3, -0.25) is 0 Å². The van der Waals surface area contributed by atoms with Crippen LogP contribution in [0.3, 0.4) is 0 Å². The normalized spacial score (nSPS) is 12.9. The highest BCUT2D eigenvalue weighted by Crippen LogP contribution is 2.23. The van der Waals surface area contributed by atoms with E-state index in [9.17, 15) is 13.2 Å². The van der Waals surface area contributed by atoms with Gasteiger partial charge in [0.15, 0.2) is 0 Å². The predicted octanol–water partition coefficient (Wildman–Crippen LogP) is 2.62. The number of hydrogen-bond donors (Lipinski definition) is 1. The SMILES string of the molecule is C=C(CN/C(C)=C\C)C(F)(F)F. The van der Waals surface area contributed by atoms with E-state index in [1.807, 2.05) is 0 Å². The summed E-state index contributed by atoms with van der Waals surface area (Å²) < 4.78 is 35.5. The molecule has 70 valence electrons. The maximum Gasteiger partial charge on any atom is 0.413 e. The van der Waals surface area contributed by atoms with Crippen LogP contribution in [0.25, 0.3) is 0 Å². The molecular weight excluding hydrogens is 167 g/mol. The Bertz CT molecular complexity index is 191. The topological polar surface area (TPSA) is 12.0 Å². The van der Waals surface area contributed by atoms with Gasteiger partial charge in [-0.25, -0.2) is 0 Å². The lowest BCUT2D eigenvalue weighted by molar-refractivity contribution is -0.0923. The van der Waals surface area contributed by atoms with Gasteiger partial charge in [-0.05, 0) is 13.8 Å². The van der Waals surface area contributed by atoms with Gasteiger partial charge in [-0.1, -0.05) is 12.7 Å². The summed E-state index contributed by atoms with van der Waals surface area (Å²) in [6.07, 6.45) is -2.59. The van der Waals surface area contributed by atoms with Crippen molar-refractivity contribution in [3.8, 4) is 0 Å². The molecule has 0 bridgehead atoms. The van der Waals surface area contributed by atoms with Crippen molar-refractivity contribution in [2.45, 2.75) is 20.0 Å². The predicted molar refractivity (Wildman–Crippen MR) is 42.6 cm³/mol. The van der Waals surface area contributed by atoms with Gasteiger partial charge in [0.25, 0.3) is 0 Å². The zero-order chi connectivity index (χ0) is 9.78. The molecule has 0 atom stereocenters. The molecule has 0 radical (unpaired) electrons. The Hall–Kier alpha value is -0.930. The van der Waals surface area contributed by atoms with Crippen LogP contribution in [0, 0.1) is 0 Å². The summed E-state index contributed by atoms with van der Waals surface area (Å²) in [7, 11) is 0. The van der Waals surface area contributed by atoms with Gasteiger partial charge in [0.1, 0.15) is 0 Å². The Kier molecular flexibility index (Phi) is 3.86. The molecule has 4 heteroatoms. The summed E-state index contributed by atoms with van der Waals surface area (Å²) in [5.41, 5.74) is -0.0518. The Labute approximate surface area is 70.0 Å². The third kappa shape index (κ3) is 4.05. The van der Waals surface area contributed by atoms with Crippen molar-refractivity contribution in [2.24, 2.45) is 0 Å². The Morgan fingerprint density at radius 1 is 1.50 bits per heavy atom. The third-order valence-corrected chi connectivity index (χ3v) is 1.41. The zero-order valence-electron chi connectivity index (χ0n) is 7.13. The van der Waals surface area contributed by atoms with Gasteiger partial charge in [0, 0.05) is 17.8 Å². The van der Waals surface area contributed by atoms with Crippen LogP contribution in [0.4, 0.5) is 13.2 Å². The molecule has 0 amide bonds. The van der Waals surface area contributed by atoms with Crippen molar-refractivity contribution >= 4 is 0 Å². The first kappa shape index (κ1) is 11.1. The summed E-state index contributed by atoms with van der Waals surface area (Å²) in [5, 5.41) is 2.58. The number of alkyl halides is 3. The molecule has 0 saturated carbocycles. The molecule has 0 rings (SSSR count). The molecule has 0 fully saturated rings. The number of allylic oxidation sites excluding steroid dienone is 2. The minimum absolute atomic E-state index is 0.250. The number of nitrogens with one attached hydrogen (secondary N) is 1. The molecule has 1 nitrogen and oxygen atoms in total. The largest absolute Gasteiger partial charge is 0.413 e. The minimum atomic E-state index is -4.29. The molecule has 0 aromatic carbocycles. The summed E-state index contributed by atoms with van der Waals surface area (Å²) in [4.78, 5) is 0. The van der Waals surface area contributed by atoms with Gasteiger partial charge in [-0.15, -0.1) is 0 Å². The fourth-order valence-corrected chi connectivity index (χ4v) is 0.448. The van der Waals surface area contributed by atoms with Crippen molar-refractivity contribution in [3.63, 3.8) is 0 Å². The molecule has 0 unspecified atom stereocenters. The molecule has 0 aliphatic carbocycles. The maximum absolute atomic E-state index is 11.8. The summed E-state index contributed by atoms with van der Waals surface area (Å²) in [6, 6.07) is 0. The van der Waals surface area contributed by atoms with E-state index in [-0.39, 0.29) is 6.54 Å². The zero-order valence-corrected chi connectivity index (χ0v) is 7.13. The standard InChI is InChI=1S/C8H12F3N/c1-4-7(3)12-5-6(2)8(9,10)11/h4,12H,2,5H2,1,3H3/b7-4-. The molecular formula is C8H12F3N. The van der Waals surface area contributed by atoms with Crippen molar-refractivity contribution in [3.05, 3.63) is 23.9 Å². The Morgan fingerprint density at radius 2 is 2.00 bits per heavy atom. The van der Waals surface area contributed by atoms with Crippen molar-refractivity contribution in [1.82, 2.24) is 5.32 Å². The van der Waals surface area contributed by atoms with Crippen LogP contribution in [0.1, 0.15) is 13.8 Å². The van der Waals surface area contributed by atoms with Gasteiger partial charge in [-0.2, -0.15) is 13.2 Å². The molecule has 0 saturated heterocycles. The third-order valence-electron chi connectivity index (χ3n) is 1.41. The number of rotatable bonds is 3. The van der Waals surface area contributed by atoms with E-state index in [0.29, 0.717) is 5.70 Å². The summed E-state index contributed by atoms with van der Waals surface area (Å²) in [5.74, 6) is 0. The first-order valence-electron chi connectivity index (χ1n) is 3.49. The second-order valence-corrected chi connectivity index (χ2v) is 2.43. The average Bonchev–Trinajstić information content (AvgIpc) is 1.97. The monoisotopic (exact) mass is 179 g/mol. The van der Waals surface area contributed by atoms with Crippen molar-refractivity contribution < 1.29 is 13.2 Å². The lowest BCUT2D eigenvalue weighted by Gasteiger charge is -2.11. The highest BCUT2D eigenvalue weighted by molar-refractivity contribution is 5.07. The van der Waals surface area contributed by atoms with E-state index >= 15 is 0 Å². The van der Waals surface area contributed by atoms with E-state index in [1.165, 1.54) is 0 Å². The highest BCUT2D eigenvalue weighted by atomic mass is 19.4. The van der Waals surface area contributed by atoms with Crippen LogP contribution >= 0.6 is 0 Å². The lowest BCUT2D eigenvalue weighted by atomic mass is 10.3. The van der Waals surface area contributed by atoms with Gasteiger partial charge in [0.05, 0.1) is 0 Å². The van der Waals surface area contributed by atoms with E-state index in [1.54, 1.807) is 19.9 Å². The van der Waals surface area contributed by atoms with Crippen LogP contribution in [0.15, 0.2) is 23.9 Å². The number of halogens is 3. The number of hydrogen-bond acceptors (Lipinski definition) is 1. The van der Waals surface area contributed by atoms with E-state index in [4.69, 9.17) is 0 Å². The minimum Gasteiger partial charge on any atom is -0.385 e. The second-order valence-electron chi connectivity index (χ2n) is 2.43. The second kappa shape index (κ2) is 4.18. The molecule has 0 aliphatic heterocycles. The molecule has 12 heavy (non-hydrogen) atoms. The van der Waals surface area contributed by atoms with E-state index in [0.717, 1.165) is 0 Å². The molecule has 0 heterocycles. The average molecular weight is 179 g/mol. The highest BCUT2D eigenvalue weighted by Gasteiger charge is 2.31. The molecule has 0 aliphatic rings. The van der Waals surface area contributed by atoms with E-state index < -0.39 is 11.7 Å². The van der Waals surface area contributed by atoms with Gasteiger partial charge >= 0.3 is 6.18 Å². The molecule has 0 aromatic rings. The van der Waals surface area contributed by atoms with Crippen LogP contribution in [0.5, 0.6) is 0 Å². The summed E-state index contributed by atoms with van der Waals surface area (Å²) >= 11 is 0. The van der Waals surface area contributed by atoms with Crippen molar-refractivity contribution in [2.75, 3.05) is 6.54 Å². The summed E-state index contributed by atoms with van der Waals surface area (Å²) in [6.45, 7) is 6.11.